The van der Waals surface area contributed by atoms with Crippen LogP contribution in [-0.2, 0) is 6.42 Å². The van der Waals surface area contributed by atoms with E-state index in [-0.39, 0.29) is 5.91 Å². The van der Waals surface area contributed by atoms with Gasteiger partial charge in [0.1, 0.15) is 0 Å². The van der Waals surface area contributed by atoms with Crippen molar-refractivity contribution >= 4 is 22.5 Å². The maximum absolute atomic E-state index is 12.8. The second kappa shape index (κ2) is 9.17. The molecular formula is C23H28N6O. The van der Waals surface area contributed by atoms with Gasteiger partial charge in [-0.15, -0.1) is 10.2 Å². The Morgan fingerprint density at radius 1 is 1.00 bits per heavy atom. The Bertz CT molecular complexity index is 999. The Morgan fingerprint density at radius 3 is 2.43 bits per heavy atom. The smallest absolute Gasteiger partial charge is 0.272 e. The normalized spacial score (nSPS) is 15.0. The van der Waals surface area contributed by atoms with E-state index in [1.54, 1.807) is 6.20 Å². The summed E-state index contributed by atoms with van der Waals surface area (Å²) in [6, 6.07) is 14.2. The highest BCUT2D eigenvalue weighted by molar-refractivity contribution is 6.07. The molecule has 1 saturated heterocycles. The van der Waals surface area contributed by atoms with Crippen molar-refractivity contribution in [2.75, 3.05) is 37.6 Å². The summed E-state index contributed by atoms with van der Waals surface area (Å²) < 4.78 is 0. The number of anilines is 1. The topological polar surface area (TPSA) is 74.2 Å². The minimum absolute atomic E-state index is 0.203. The first kappa shape index (κ1) is 20.2. The number of rotatable bonds is 6. The largest absolute Gasteiger partial charge is 0.352 e. The summed E-state index contributed by atoms with van der Waals surface area (Å²) in [4.78, 5) is 21.8. The van der Waals surface area contributed by atoms with Gasteiger partial charge in [-0.05, 0) is 26.0 Å². The minimum Gasteiger partial charge on any atom is -0.352 e. The number of carbonyl (C=O) groups excluding carboxylic acids is 1. The first-order valence-electron chi connectivity index (χ1n) is 10.6. The van der Waals surface area contributed by atoms with Crippen LogP contribution in [0.5, 0.6) is 0 Å². The van der Waals surface area contributed by atoms with E-state index in [1.807, 2.05) is 42.5 Å². The van der Waals surface area contributed by atoms with Crippen LogP contribution in [0, 0.1) is 0 Å². The lowest BCUT2D eigenvalue weighted by Gasteiger charge is -2.37. The van der Waals surface area contributed by atoms with Crippen molar-refractivity contribution in [2.24, 2.45) is 0 Å². The number of hydrogen-bond acceptors (Lipinski definition) is 6. The molecule has 7 nitrogen and oxygen atoms in total. The third kappa shape index (κ3) is 4.41. The van der Waals surface area contributed by atoms with Gasteiger partial charge in [-0.2, -0.15) is 0 Å². The van der Waals surface area contributed by atoms with Crippen molar-refractivity contribution in [1.29, 1.82) is 0 Å². The molecule has 3 aromatic rings. The van der Waals surface area contributed by atoms with Crippen LogP contribution in [0.3, 0.4) is 0 Å². The molecule has 1 fully saturated rings. The SMILES string of the molecule is CC(C)N1CCN(c2nnc(C(=O)NCCc3ccccn3)c3ccccc23)CC1. The van der Waals surface area contributed by atoms with Crippen molar-refractivity contribution in [2.45, 2.75) is 26.3 Å². The monoisotopic (exact) mass is 404 g/mol. The van der Waals surface area contributed by atoms with Gasteiger partial charge in [-0.25, -0.2) is 0 Å². The number of benzene rings is 1. The van der Waals surface area contributed by atoms with Gasteiger partial charge in [-0.3, -0.25) is 14.7 Å². The van der Waals surface area contributed by atoms with Crippen molar-refractivity contribution in [3.05, 3.63) is 60.0 Å². The lowest BCUT2D eigenvalue weighted by molar-refractivity contribution is 0.0950. The highest BCUT2D eigenvalue weighted by atomic mass is 16.1. The summed E-state index contributed by atoms with van der Waals surface area (Å²) in [5.74, 6) is 0.657. The van der Waals surface area contributed by atoms with Crippen LogP contribution < -0.4 is 10.2 Å². The van der Waals surface area contributed by atoms with Crippen molar-refractivity contribution in [1.82, 2.24) is 25.4 Å². The van der Waals surface area contributed by atoms with E-state index in [2.05, 4.69) is 44.1 Å². The molecule has 1 amide bonds. The van der Waals surface area contributed by atoms with E-state index in [0.29, 0.717) is 24.7 Å². The Labute approximate surface area is 177 Å². The quantitative estimate of drug-likeness (QED) is 0.681. The fourth-order valence-electron chi connectivity index (χ4n) is 3.87. The Kier molecular flexibility index (Phi) is 6.18. The summed E-state index contributed by atoms with van der Waals surface area (Å²) >= 11 is 0. The van der Waals surface area contributed by atoms with Gasteiger partial charge < -0.3 is 10.2 Å². The fraction of sp³-hybridized carbons (Fsp3) is 0.391. The van der Waals surface area contributed by atoms with Gasteiger partial charge in [0.2, 0.25) is 0 Å². The molecule has 0 aliphatic carbocycles. The number of nitrogens with zero attached hydrogens (tertiary/aromatic N) is 5. The lowest BCUT2D eigenvalue weighted by Crippen LogP contribution is -2.49. The molecule has 0 bridgehead atoms. The van der Waals surface area contributed by atoms with Gasteiger partial charge in [0, 0.05) is 67.8 Å². The van der Waals surface area contributed by atoms with Gasteiger partial charge in [0.25, 0.3) is 5.91 Å². The van der Waals surface area contributed by atoms with Crippen molar-refractivity contribution in [3.8, 4) is 0 Å². The third-order valence-electron chi connectivity index (χ3n) is 5.62. The predicted octanol–water partition coefficient (Wildman–Crippen LogP) is 2.53. The number of fused-ring (bicyclic) bond motifs is 1. The maximum atomic E-state index is 12.8. The van der Waals surface area contributed by atoms with Crippen LogP contribution in [0.4, 0.5) is 5.82 Å². The molecule has 4 rings (SSSR count). The summed E-state index contributed by atoms with van der Waals surface area (Å²) in [7, 11) is 0. The minimum atomic E-state index is -0.203. The number of amides is 1. The average molecular weight is 405 g/mol. The Balaban J connectivity index is 1.50. The molecule has 0 radical (unpaired) electrons. The van der Waals surface area contributed by atoms with Gasteiger partial charge in [0.15, 0.2) is 11.5 Å². The Morgan fingerprint density at radius 2 is 1.73 bits per heavy atom. The molecule has 0 saturated carbocycles. The zero-order valence-corrected chi connectivity index (χ0v) is 17.6. The molecule has 0 spiro atoms. The highest BCUT2D eigenvalue weighted by Gasteiger charge is 2.23. The maximum Gasteiger partial charge on any atom is 0.272 e. The Hall–Kier alpha value is -3.06. The molecule has 2 aromatic heterocycles. The van der Waals surface area contributed by atoms with Crippen LogP contribution in [0.25, 0.3) is 10.8 Å². The lowest BCUT2D eigenvalue weighted by atomic mass is 10.1. The standard InChI is InChI=1S/C23H28N6O/c1-17(2)28-13-15-29(16-14-28)22-20-9-4-3-8-19(20)21(26-27-22)23(30)25-12-10-18-7-5-6-11-24-18/h3-9,11,17H,10,12-16H2,1-2H3,(H,25,30). The van der Waals surface area contributed by atoms with Crippen LogP contribution in [0.2, 0.25) is 0 Å². The molecule has 30 heavy (non-hydrogen) atoms. The molecular weight excluding hydrogens is 376 g/mol. The van der Waals surface area contributed by atoms with E-state index >= 15 is 0 Å². The number of carbonyl (C=O) groups is 1. The molecule has 0 atom stereocenters. The van der Waals surface area contributed by atoms with E-state index in [4.69, 9.17) is 0 Å². The first-order valence-corrected chi connectivity index (χ1v) is 10.6. The second-order valence-electron chi connectivity index (χ2n) is 7.86. The molecule has 156 valence electrons. The van der Waals surface area contributed by atoms with Crippen LogP contribution in [0.15, 0.2) is 48.7 Å². The van der Waals surface area contributed by atoms with E-state index in [9.17, 15) is 4.79 Å². The number of nitrogens with one attached hydrogen (secondary N) is 1. The molecule has 0 unspecified atom stereocenters. The molecule has 1 N–H and O–H groups in total. The number of piperazine rings is 1. The third-order valence-corrected chi connectivity index (χ3v) is 5.62. The number of hydrogen-bond donors (Lipinski definition) is 1. The zero-order chi connectivity index (χ0) is 20.9. The van der Waals surface area contributed by atoms with Crippen molar-refractivity contribution in [3.63, 3.8) is 0 Å². The second-order valence-corrected chi connectivity index (χ2v) is 7.86. The molecule has 1 aromatic carbocycles. The first-order chi connectivity index (χ1) is 14.6. The number of aromatic nitrogens is 3. The van der Waals surface area contributed by atoms with E-state index in [0.717, 1.165) is 48.5 Å². The average Bonchev–Trinajstić information content (AvgIpc) is 2.79. The molecule has 7 heteroatoms. The number of pyridine rings is 1. The van der Waals surface area contributed by atoms with Gasteiger partial charge in [0.05, 0.1) is 0 Å². The summed E-state index contributed by atoms with van der Waals surface area (Å²) in [6.45, 7) is 8.79. The predicted molar refractivity (Wildman–Crippen MR) is 119 cm³/mol. The van der Waals surface area contributed by atoms with E-state index in [1.165, 1.54) is 0 Å². The van der Waals surface area contributed by atoms with Crippen LogP contribution in [0.1, 0.15) is 30.0 Å². The van der Waals surface area contributed by atoms with Gasteiger partial charge in [-0.1, -0.05) is 30.3 Å². The highest BCUT2D eigenvalue weighted by Crippen LogP contribution is 2.26. The fourth-order valence-corrected chi connectivity index (χ4v) is 3.87. The summed E-state index contributed by atoms with van der Waals surface area (Å²) in [5, 5.41) is 13.6. The zero-order valence-electron chi connectivity index (χ0n) is 17.6. The van der Waals surface area contributed by atoms with Crippen LogP contribution in [-0.4, -0.2) is 64.8 Å². The molecule has 3 heterocycles. The van der Waals surface area contributed by atoms with Gasteiger partial charge >= 0.3 is 0 Å². The van der Waals surface area contributed by atoms with E-state index < -0.39 is 0 Å². The summed E-state index contributed by atoms with van der Waals surface area (Å²) in [5.41, 5.74) is 1.32. The molecule has 1 aliphatic rings. The van der Waals surface area contributed by atoms with Crippen LogP contribution >= 0.6 is 0 Å². The summed E-state index contributed by atoms with van der Waals surface area (Å²) in [6.07, 6.45) is 2.44. The van der Waals surface area contributed by atoms with Crippen molar-refractivity contribution < 1.29 is 4.79 Å². The molecule has 1 aliphatic heterocycles.